The second-order valence-corrected chi connectivity index (χ2v) is 26.4. The van der Waals surface area contributed by atoms with E-state index in [2.05, 4.69) is 306 Å². The summed E-state index contributed by atoms with van der Waals surface area (Å²) in [7, 11) is 0. The molecule has 12 nitrogen and oxygen atoms in total. The Morgan fingerprint density at radius 2 is 0.441 bits per heavy atom. The third kappa shape index (κ3) is 8.25. The maximum absolute atomic E-state index is 5.59. The van der Waals surface area contributed by atoms with Gasteiger partial charge in [0.2, 0.25) is 0 Å². The first-order valence-corrected chi connectivity index (χ1v) is 34.3. The lowest BCUT2D eigenvalue weighted by Crippen LogP contribution is -2.03. The molecule has 0 radical (unpaired) electrons. The minimum absolute atomic E-state index is 0.592. The van der Waals surface area contributed by atoms with Crippen LogP contribution in [0.5, 0.6) is 0 Å². The lowest BCUT2D eigenvalue weighted by atomic mass is 10.1. The molecule has 11 aromatic carbocycles. The molecule has 0 spiro atoms. The number of nitrogens with zero attached hydrogens (tertiary/aromatic N) is 12. The third-order valence-electron chi connectivity index (χ3n) is 20.9. The van der Waals surface area contributed by atoms with E-state index in [1.807, 2.05) is 49.6 Å². The highest BCUT2D eigenvalue weighted by atomic mass is 15.1. The molecule has 474 valence electrons. The van der Waals surface area contributed by atoms with Crippen LogP contribution in [0.4, 0.5) is 0 Å². The molecule has 0 saturated carbocycles. The van der Waals surface area contributed by atoms with Crippen molar-refractivity contribution in [1.82, 2.24) is 57.3 Å². The SMILES string of the molecule is c1ccc(-c2cc(-c3ccccc3)nc(-c3cc(-n4c5ccc(-n6c7ccccc7c7ccncc76)cc5c5cc(-n6c7ccccc7c7ccncc76)ccc54)cc(-n4c5ccc(-n6c7ccccc7c7ccncc76)cc5c5cc(-n6c7ccccc7c7ccncc76)ccc54)c3)n2)cc1. The van der Waals surface area contributed by atoms with Crippen LogP contribution in [0.3, 0.4) is 0 Å². The Balaban J connectivity index is 0.850. The van der Waals surface area contributed by atoms with Crippen LogP contribution in [0, 0.1) is 0 Å². The molecule has 0 aliphatic carbocycles. The first kappa shape index (κ1) is 56.0. The van der Waals surface area contributed by atoms with Gasteiger partial charge in [0.05, 0.1) is 102 Å². The Morgan fingerprint density at radius 1 is 0.176 bits per heavy atom. The summed E-state index contributed by atoms with van der Waals surface area (Å²) >= 11 is 0. The number of rotatable bonds is 9. The highest BCUT2D eigenvalue weighted by Crippen LogP contribution is 2.45. The molecule has 0 fully saturated rings. The van der Waals surface area contributed by atoms with Crippen LogP contribution in [0.15, 0.2) is 329 Å². The van der Waals surface area contributed by atoms with E-state index in [4.69, 9.17) is 29.9 Å². The van der Waals surface area contributed by atoms with Crippen molar-refractivity contribution in [3.05, 3.63) is 329 Å². The summed E-state index contributed by atoms with van der Waals surface area (Å²) in [6.07, 6.45) is 15.5. The summed E-state index contributed by atoms with van der Waals surface area (Å²) in [5, 5.41) is 13.6. The number of hydrogen-bond acceptors (Lipinski definition) is 6. The van der Waals surface area contributed by atoms with Gasteiger partial charge in [0.15, 0.2) is 5.82 Å². The molecule has 0 aliphatic rings. The van der Waals surface area contributed by atoms with E-state index < -0.39 is 0 Å². The fourth-order valence-corrected chi connectivity index (χ4v) is 16.6. The van der Waals surface area contributed by atoms with Gasteiger partial charge in [-0.2, -0.15) is 0 Å². The van der Waals surface area contributed by atoms with Crippen LogP contribution in [-0.4, -0.2) is 57.3 Å². The van der Waals surface area contributed by atoms with Crippen molar-refractivity contribution in [2.24, 2.45) is 0 Å². The third-order valence-corrected chi connectivity index (χ3v) is 20.9. The molecule has 12 heteroatoms. The minimum atomic E-state index is 0.592. The van der Waals surface area contributed by atoms with Gasteiger partial charge in [-0.25, -0.2) is 9.97 Å². The van der Waals surface area contributed by atoms with Crippen LogP contribution in [-0.2, 0) is 0 Å². The van der Waals surface area contributed by atoms with Gasteiger partial charge in [0.25, 0.3) is 0 Å². The van der Waals surface area contributed by atoms with E-state index in [-0.39, 0.29) is 0 Å². The van der Waals surface area contributed by atoms with Crippen LogP contribution in [0.1, 0.15) is 0 Å². The Kier molecular flexibility index (Phi) is 11.9. The molecule has 0 N–H and O–H groups in total. The maximum Gasteiger partial charge on any atom is 0.160 e. The molecule has 0 aliphatic heterocycles. The van der Waals surface area contributed by atoms with Crippen molar-refractivity contribution < 1.29 is 0 Å². The molecule has 0 atom stereocenters. The summed E-state index contributed by atoms with van der Waals surface area (Å²) in [6, 6.07) is 101. The Bertz CT molecular complexity index is 6290. The van der Waals surface area contributed by atoms with Crippen molar-refractivity contribution in [1.29, 1.82) is 0 Å². The van der Waals surface area contributed by atoms with E-state index in [1.165, 1.54) is 21.5 Å². The first-order valence-electron chi connectivity index (χ1n) is 34.3. The van der Waals surface area contributed by atoms with Crippen molar-refractivity contribution in [2.75, 3.05) is 0 Å². The predicted octanol–water partition coefficient (Wildman–Crippen LogP) is 21.6. The fourth-order valence-electron chi connectivity index (χ4n) is 16.6. The van der Waals surface area contributed by atoms with Crippen LogP contribution in [0.25, 0.3) is 199 Å². The largest absolute Gasteiger partial charge is 0.309 e. The van der Waals surface area contributed by atoms with Gasteiger partial charge in [0, 0.05) is 140 Å². The van der Waals surface area contributed by atoms with Crippen molar-refractivity contribution in [3.8, 4) is 68.0 Å². The standard InChI is InChI=1S/C90H54N12/c1-3-15-55(16-4-1)76-50-77(56-17-5-2-6-18-56)96-90(95-76)57-43-62(101-82-31-27-58(97-78-23-11-7-19-64(78)68-35-39-91-51-86(68)97)46-72(82)73-47-59(28-32-83(73)101)98-79-24-12-8-20-65(79)69-36-40-92-52-87(69)98)45-63(44-57)102-84-33-29-60(99-80-25-13-9-21-66(80)70-37-41-93-53-88(70)99)48-74(84)75-49-61(30-34-85(75)102)100-81-26-14-10-22-67(81)71-38-42-94-54-89(71)100/h1-54H. The molecule has 22 aromatic rings. The van der Waals surface area contributed by atoms with Gasteiger partial charge < -0.3 is 27.4 Å². The zero-order valence-electron chi connectivity index (χ0n) is 54.5. The number of para-hydroxylation sites is 4. The van der Waals surface area contributed by atoms with E-state index in [1.54, 1.807) is 0 Å². The lowest BCUT2D eigenvalue weighted by Gasteiger charge is -2.17. The van der Waals surface area contributed by atoms with Crippen LogP contribution >= 0.6 is 0 Å². The zero-order chi connectivity index (χ0) is 66.7. The Morgan fingerprint density at radius 3 is 0.755 bits per heavy atom. The summed E-state index contributed by atoms with van der Waals surface area (Å²) in [4.78, 5) is 30.0. The average Bonchev–Trinajstić information content (AvgIpc) is 1.56. The first-order chi connectivity index (χ1) is 50.6. The van der Waals surface area contributed by atoms with E-state index in [9.17, 15) is 0 Å². The van der Waals surface area contributed by atoms with Gasteiger partial charge in [-0.3, -0.25) is 19.9 Å². The molecule has 102 heavy (non-hydrogen) atoms. The quantitative estimate of drug-likeness (QED) is 0.142. The van der Waals surface area contributed by atoms with Crippen molar-refractivity contribution in [2.45, 2.75) is 0 Å². The van der Waals surface area contributed by atoms with Gasteiger partial charge in [-0.05, 0) is 146 Å². The smallest absolute Gasteiger partial charge is 0.160 e. The highest BCUT2D eigenvalue weighted by Gasteiger charge is 2.25. The second-order valence-electron chi connectivity index (χ2n) is 26.4. The molecule has 22 rings (SSSR count). The van der Waals surface area contributed by atoms with Gasteiger partial charge in [0.1, 0.15) is 0 Å². The Hall–Kier alpha value is -14.1. The summed E-state index contributed by atoms with van der Waals surface area (Å²) in [5.41, 5.74) is 23.1. The topological polar surface area (TPSA) is 107 Å². The van der Waals surface area contributed by atoms with Crippen molar-refractivity contribution >= 4 is 131 Å². The summed E-state index contributed by atoms with van der Waals surface area (Å²) in [6.45, 7) is 0. The summed E-state index contributed by atoms with van der Waals surface area (Å²) in [5.74, 6) is 0.592. The fraction of sp³-hybridized carbons (Fsp3) is 0. The molecular formula is C90H54N12. The molecule has 0 saturated heterocycles. The van der Waals surface area contributed by atoms with Gasteiger partial charge >= 0.3 is 0 Å². The molecule has 0 unspecified atom stereocenters. The number of pyridine rings is 4. The number of aromatic nitrogens is 12. The molecule has 0 bridgehead atoms. The molecular weight excluding hydrogens is 1250 g/mol. The van der Waals surface area contributed by atoms with Crippen LogP contribution < -0.4 is 0 Å². The van der Waals surface area contributed by atoms with Crippen molar-refractivity contribution in [3.63, 3.8) is 0 Å². The Labute approximate surface area is 581 Å². The number of fused-ring (bicyclic) bond motifs is 18. The minimum Gasteiger partial charge on any atom is -0.309 e. The van der Waals surface area contributed by atoms with E-state index >= 15 is 0 Å². The second kappa shape index (κ2) is 21.7. The predicted molar refractivity (Wildman–Crippen MR) is 416 cm³/mol. The molecule has 0 amide bonds. The zero-order valence-corrected chi connectivity index (χ0v) is 54.5. The molecule has 11 heterocycles. The maximum atomic E-state index is 5.59. The monoisotopic (exact) mass is 1300 g/mol. The highest BCUT2D eigenvalue weighted by molar-refractivity contribution is 6.17. The van der Waals surface area contributed by atoms with E-state index in [0.29, 0.717) is 5.82 Å². The number of hydrogen-bond donors (Lipinski definition) is 0. The number of benzene rings is 11. The van der Waals surface area contributed by atoms with Crippen LogP contribution in [0.2, 0.25) is 0 Å². The normalized spacial score (nSPS) is 12.1. The van der Waals surface area contributed by atoms with Gasteiger partial charge in [-0.1, -0.05) is 133 Å². The average molecular weight is 1300 g/mol. The van der Waals surface area contributed by atoms with Gasteiger partial charge in [-0.15, -0.1) is 0 Å². The van der Waals surface area contributed by atoms with E-state index in [0.717, 1.165) is 171 Å². The molecule has 11 aromatic heterocycles. The summed E-state index contributed by atoms with van der Waals surface area (Å²) < 4.78 is 14.3. The lowest BCUT2D eigenvalue weighted by molar-refractivity contribution is 1.11.